The molecule has 0 spiro atoms. The molecule has 1 aromatic carbocycles. The van der Waals surface area contributed by atoms with Gasteiger partial charge in [-0.2, -0.15) is 0 Å². The lowest BCUT2D eigenvalue weighted by molar-refractivity contribution is 0.0618. The van der Waals surface area contributed by atoms with Crippen molar-refractivity contribution in [2.24, 2.45) is 0 Å². The first-order valence-corrected chi connectivity index (χ1v) is 7.62. The molecule has 2 rings (SSSR count). The molecule has 0 fully saturated rings. The molecule has 0 radical (unpaired) electrons. The molecule has 0 aliphatic carbocycles. The maximum Gasteiger partial charge on any atom is 0.170 e. The Morgan fingerprint density at radius 3 is 2.90 bits per heavy atom. The van der Waals surface area contributed by atoms with Crippen LogP contribution in [0.3, 0.4) is 0 Å². The van der Waals surface area contributed by atoms with Gasteiger partial charge in [0.15, 0.2) is 5.78 Å². The van der Waals surface area contributed by atoms with Gasteiger partial charge in [0.25, 0.3) is 0 Å². The molecule has 1 aromatic rings. The topological polar surface area (TPSA) is 35.5 Å². The van der Waals surface area contributed by atoms with Gasteiger partial charge in [-0.25, -0.2) is 0 Å². The standard InChI is InChI=1S/C18H24O3/c1-4-5-6-7-8-11-20-14-9-10-15-16(19)13-18(2,3)21-17(15)12-14/h4,9-10,12H,1,5-8,11,13H2,2-3H3. The first-order valence-electron chi connectivity index (χ1n) is 7.62. The van der Waals surface area contributed by atoms with Gasteiger partial charge in [0, 0.05) is 6.07 Å². The lowest BCUT2D eigenvalue weighted by Crippen LogP contribution is -2.35. The Morgan fingerprint density at radius 2 is 2.14 bits per heavy atom. The van der Waals surface area contributed by atoms with Gasteiger partial charge in [0.2, 0.25) is 0 Å². The van der Waals surface area contributed by atoms with Crippen LogP contribution in [0.15, 0.2) is 30.9 Å². The van der Waals surface area contributed by atoms with E-state index in [2.05, 4.69) is 6.58 Å². The smallest absolute Gasteiger partial charge is 0.170 e. The normalized spacial score (nSPS) is 16.0. The van der Waals surface area contributed by atoms with Crippen LogP contribution in [0.2, 0.25) is 0 Å². The number of benzene rings is 1. The molecule has 0 unspecified atom stereocenters. The molecular weight excluding hydrogens is 264 g/mol. The summed E-state index contributed by atoms with van der Waals surface area (Å²) in [4.78, 5) is 12.0. The fourth-order valence-corrected chi connectivity index (χ4v) is 2.48. The molecule has 3 nitrogen and oxygen atoms in total. The molecule has 1 aliphatic rings. The molecule has 0 bridgehead atoms. The minimum Gasteiger partial charge on any atom is -0.493 e. The van der Waals surface area contributed by atoms with E-state index in [1.807, 2.05) is 32.1 Å². The van der Waals surface area contributed by atoms with Crippen molar-refractivity contribution in [2.45, 2.75) is 51.6 Å². The minimum absolute atomic E-state index is 0.136. The van der Waals surface area contributed by atoms with Crippen LogP contribution in [-0.2, 0) is 0 Å². The highest BCUT2D eigenvalue weighted by molar-refractivity contribution is 6.00. The second-order valence-corrected chi connectivity index (χ2v) is 6.11. The predicted octanol–water partition coefficient (Wildman–Crippen LogP) is 4.56. The highest BCUT2D eigenvalue weighted by Gasteiger charge is 2.32. The summed E-state index contributed by atoms with van der Waals surface area (Å²) in [5.41, 5.74) is 0.223. The van der Waals surface area contributed by atoms with Crippen molar-refractivity contribution in [1.82, 2.24) is 0 Å². The average molecular weight is 288 g/mol. The van der Waals surface area contributed by atoms with E-state index < -0.39 is 5.60 Å². The monoisotopic (exact) mass is 288 g/mol. The van der Waals surface area contributed by atoms with Crippen LogP contribution in [0.1, 0.15) is 56.3 Å². The van der Waals surface area contributed by atoms with Crippen molar-refractivity contribution in [1.29, 1.82) is 0 Å². The quantitative estimate of drug-likeness (QED) is 0.545. The van der Waals surface area contributed by atoms with Gasteiger partial charge in [-0.15, -0.1) is 6.58 Å². The average Bonchev–Trinajstić information content (AvgIpc) is 2.41. The number of ether oxygens (including phenoxy) is 2. The maximum absolute atomic E-state index is 12.0. The van der Waals surface area contributed by atoms with E-state index in [1.54, 1.807) is 6.07 Å². The van der Waals surface area contributed by atoms with Gasteiger partial charge in [0.05, 0.1) is 18.6 Å². The Morgan fingerprint density at radius 1 is 1.33 bits per heavy atom. The van der Waals surface area contributed by atoms with E-state index in [1.165, 1.54) is 0 Å². The number of Topliss-reactive ketones (excluding diaryl/α,β-unsaturated/α-hetero) is 1. The van der Waals surface area contributed by atoms with Crippen LogP contribution in [0.4, 0.5) is 0 Å². The Bertz CT molecular complexity index is 517. The third-order valence-electron chi connectivity index (χ3n) is 3.55. The number of ketones is 1. The molecule has 0 amide bonds. The highest BCUT2D eigenvalue weighted by Crippen LogP contribution is 2.35. The van der Waals surface area contributed by atoms with Crippen molar-refractivity contribution >= 4 is 5.78 Å². The third-order valence-corrected chi connectivity index (χ3v) is 3.55. The first kappa shape index (κ1) is 15.6. The number of hydrogen-bond acceptors (Lipinski definition) is 3. The van der Waals surface area contributed by atoms with Crippen molar-refractivity contribution in [3.63, 3.8) is 0 Å². The maximum atomic E-state index is 12.0. The summed E-state index contributed by atoms with van der Waals surface area (Å²) in [6.45, 7) is 8.26. The molecular formula is C18H24O3. The van der Waals surface area contributed by atoms with Crippen LogP contribution in [0.25, 0.3) is 0 Å². The van der Waals surface area contributed by atoms with Crippen LogP contribution in [0.5, 0.6) is 11.5 Å². The number of unbranched alkanes of at least 4 members (excludes halogenated alkanes) is 3. The molecule has 0 N–H and O–H groups in total. The molecule has 21 heavy (non-hydrogen) atoms. The first-order chi connectivity index (χ1) is 10.0. The predicted molar refractivity (Wildman–Crippen MR) is 84.3 cm³/mol. The lowest BCUT2D eigenvalue weighted by Gasteiger charge is -2.31. The van der Waals surface area contributed by atoms with E-state index >= 15 is 0 Å². The molecule has 0 saturated carbocycles. The molecule has 1 heterocycles. The Hall–Kier alpha value is -1.77. The summed E-state index contributed by atoms with van der Waals surface area (Å²) < 4.78 is 11.6. The second kappa shape index (κ2) is 6.79. The zero-order valence-corrected chi connectivity index (χ0v) is 13.0. The zero-order valence-electron chi connectivity index (χ0n) is 13.0. The van der Waals surface area contributed by atoms with E-state index in [0.717, 1.165) is 31.4 Å². The Kier molecular flexibility index (Phi) is 5.05. The molecule has 0 atom stereocenters. The molecule has 114 valence electrons. The van der Waals surface area contributed by atoms with Gasteiger partial charge in [-0.05, 0) is 51.7 Å². The number of allylic oxidation sites excluding steroid dienone is 1. The third kappa shape index (κ3) is 4.35. The van der Waals surface area contributed by atoms with E-state index in [4.69, 9.17) is 9.47 Å². The summed E-state index contributed by atoms with van der Waals surface area (Å²) in [6.07, 6.45) is 6.74. The fraction of sp³-hybridized carbons (Fsp3) is 0.500. The van der Waals surface area contributed by atoms with Crippen molar-refractivity contribution in [2.75, 3.05) is 6.61 Å². The lowest BCUT2D eigenvalue weighted by atomic mass is 9.93. The summed E-state index contributed by atoms with van der Waals surface area (Å²) in [7, 11) is 0. The number of carbonyl (C=O) groups excluding carboxylic acids is 1. The van der Waals surface area contributed by atoms with Crippen molar-refractivity contribution in [3.8, 4) is 11.5 Å². The summed E-state index contributed by atoms with van der Waals surface area (Å²) in [6, 6.07) is 5.49. The van der Waals surface area contributed by atoms with Crippen LogP contribution < -0.4 is 9.47 Å². The molecule has 0 aromatic heterocycles. The number of fused-ring (bicyclic) bond motifs is 1. The Labute approximate surface area is 127 Å². The van der Waals surface area contributed by atoms with Gasteiger partial charge in [-0.1, -0.05) is 6.08 Å². The number of rotatable bonds is 7. The van der Waals surface area contributed by atoms with Crippen LogP contribution in [-0.4, -0.2) is 18.0 Å². The van der Waals surface area contributed by atoms with Crippen molar-refractivity contribution < 1.29 is 14.3 Å². The summed E-state index contributed by atoms with van der Waals surface area (Å²) >= 11 is 0. The highest BCUT2D eigenvalue weighted by atomic mass is 16.5. The molecule has 1 aliphatic heterocycles. The van der Waals surface area contributed by atoms with Gasteiger partial charge >= 0.3 is 0 Å². The molecule has 0 saturated heterocycles. The fourth-order valence-electron chi connectivity index (χ4n) is 2.48. The summed E-state index contributed by atoms with van der Waals surface area (Å²) in [5, 5.41) is 0. The largest absolute Gasteiger partial charge is 0.493 e. The van der Waals surface area contributed by atoms with Gasteiger partial charge < -0.3 is 9.47 Å². The van der Waals surface area contributed by atoms with Gasteiger partial charge in [-0.3, -0.25) is 4.79 Å². The van der Waals surface area contributed by atoms with Crippen molar-refractivity contribution in [3.05, 3.63) is 36.4 Å². The number of hydrogen-bond donors (Lipinski definition) is 0. The van der Waals surface area contributed by atoms with Crippen LogP contribution in [0, 0.1) is 0 Å². The van der Waals surface area contributed by atoms with Crippen LogP contribution >= 0.6 is 0 Å². The van der Waals surface area contributed by atoms with Gasteiger partial charge in [0.1, 0.15) is 17.1 Å². The SMILES string of the molecule is C=CCCCCCOc1ccc2c(c1)OC(C)(C)CC2=O. The second-order valence-electron chi connectivity index (χ2n) is 6.11. The van der Waals surface area contributed by atoms with E-state index in [0.29, 0.717) is 24.3 Å². The van der Waals surface area contributed by atoms with E-state index in [9.17, 15) is 4.79 Å². The Balaban J connectivity index is 1.91. The summed E-state index contributed by atoms with van der Waals surface area (Å²) in [5.74, 6) is 1.54. The van der Waals surface area contributed by atoms with E-state index in [-0.39, 0.29) is 5.78 Å². The number of carbonyl (C=O) groups is 1. The zero-order chi connectivity index (χ0) is 15.3. The molecule has 3 heteroatoms. The minimum atomic E-state index is -0.437.